The normalized spacial score (nSPS) is 13.1. The molecule has 3 heteroatoms. The Bertz CT molecular complexity index is 517. The van der Waals surface area contributed by atoms with E-state index in [9.17, 15) is 0 Å². The molecule has 2 rings (SSSR count). The zero-order valence-corrected chi connectivity index (χ0v) is 12.0. The predicted octanol–water partition coefficient (Wildman–Crippen LogP) is 2.71. The molecule has 1 atom stereocenters. The molecule has 0 aliphatic heterocycles. The molecule has 2 aromatic rings. The number of benzene rings is 1. The molecule has 0 fully saturated rings. The van der Waals surface area contributed by atoms with E-state index in [1.807, 2.05) is 6.20 Å². The number of aromatic nitrogens is 1. The summed E-state index contributed by atoms with van der Waals surface area (Å²) >= 11 is 0. The lowest BCUT2D eigenvalue weighted by Crippen LogP contribution is -2.38. The van der Waals surface area contributed by atoms with Crippen molar-refractivity contribution in [3.8, 4) is 0 Å². The van der Waals surface area contributed by atoms with Gasteiger partial charge in [0.1, 0.15) is 0 Å². The maximum absolute atomic E-state index is 4.49. The first-order valence-corrected chi connectivity index (χ1v) is 6.96. The Morgan fingerprint density at radius 1 is 1.05 bits per heavy atom. The van der Waals surface area contributed by atoms with Crippen molar-refractivity contribution in [2.24, 2.45) is 0 Å². The van der Waals surface area contributed by atoms with Gasteiger partial charge in [0.05, 0.1) is 5.69 Å². The van der Waals surface area contributed by atoms with E-state index in [0.717, 1.165) is 18.8 Å². The second kappa shape index (κ2) is 6.64. The SMILES string of the molecule is CC(C)NCC(C)NCc1nccc2ccccc12. The number of rotatable bonds is 6. The zero-order valence-electron chi connectivity index (χ0n) is 12.0. The van der Waals surface area contributed by atoms with E-state index in [4.69, 9.17) is 0 Å². The second-order valence-electron chi connectivity index (χ2n) is 5.32. The van der Waals surface area contributed by atoms with Crippen LogP contribution in [-0.4, -0.2) is 23.6 Å². The Hall–Kier alpha value is -1.45. The fourth-order valence-electron chi connectivity index (χ4n) is 2.08. The van der Waals surface area contributed by atoms with E-state index in [1.54, 1.807) is 0 Å². The Kier molecular flexibility index (Phi) is 4.88. The van der Waals surface area contributed by atoms with E-state index in [0.29, 0.717) is 12.1 Å². The Morgan fingerprint density at radius 2 is 1.84 bits per heavy atom. The molecule has 1 unspecified atom stereocenters. The molecule has 102 valence electrons. The van der Waals surface area contributed by atoms with E-state index < -0.39 is 0 Å². The molecule has 0 aliphatic rings. The van der Waals surface area contributed by atoms with Crippen LogP contribution in [0.1, 0.15) is 26.5 Å². The third-order valence-corrected chi connectivity index (χ3v) is 3.21. The van der Waals surface area contributed by atoms with Crippen molar-refractivity contribution in [2.45, 2.75) is 39.4 Å². The Labute approximate surface area is 115 Å². The summed E-state index contributed by atoms with van der Waals surface area (Å²) in [6, 6.07) is 11.4. The van der Waals surface area contributed by atoms with Gasteiger partial charge in [-0.2, -0.15) is 0 Å². The minimum atomic E-state index is 0.433. The number of nitrogens with zero attached hydrogens (tertiary/aromatic N) is 1. The first-order chi connectivity index (χ1) is 9.16. The maximum atomic E-state index is 4.49. The molecular weight excluding hydrogens is 234 g/mol. The standard InChI is InChI=1S/C16H23N3/c1-12(2)18-10-13(3)19-11-16-15-7-5-4-6-14(15)8-9-17-16/h4-9,12-13,18-19H,10-11H2,1-3H3. The fourth-order valence-corrected chi connectivity index (χ4v) is 2.08. The van der Waals surface area contributed by atoms with Crippen LogP contribution in [0.5, 0.6) is 0 Å². The van der Waals surface area contributed by atoms with Gasteiger partial charge in [0.2, 0.25) is 0 Å². The number of pyridine rings is 1. The first kappa shape index (κ1) is 14.0. The molecule has 0 radical (unpaired) electrons. The van der Waals surface area contributed by atoms with Crippen LogP contribution in [0.2, 0.25) is 0 Å². The lowest BCUT2D eigenvalue weighted by Gasteiger charge is -2.16. The quantitative estimate of drug-likeness (QED) is 0.835. The average molecular weight is 257 g/mol. The van der Waals surface area contributed by atoms with Gasteiger partial charge < -0.3 is 10.6 Å². The van der Waals surface area contributed by atoms with Crippen molar-refractivity contribution < 1.29 is 0 Å². The third-order valence-electron chi connectivity index (χ3n) is 3.21. The minimum absolute atomic E-state index is 0.433. The monoisotopic (exact) mass is 257 g/mol. The van der Waals surface area contributed by atoms with Crippen LogP contribution in [0.25, 0.3) is 10.8 Å². The van der Waals surface area contributed by atoms with E-state index in [2.05, 4.69) is 66.7 Å². The Morgan fingerprint density at radius 3 is 2.63 bits per heavy atom. The average Bonchev–Trinajstić information content (AvgIpc) is 2.42. The summed E-state index contributed by atoms with van der Waals surface area (Å²) in [5.74, 6) is 0. The third kappa shape index (κ3) is 4.01. The minimum Gasteiger partial charge on any atom is -0.313 e. The van der Waals surface area contributed by atoms with Gasteiger partial charge in [0.15, 0.2) is 0 Å². The van der Waals surface area contributed by atoms with Crippen LogP contribution in [0.15, 0.2) is 36.5 Å². The molecule has 1 aromatic heterocycles. The molecule has 3 nitrogen and oxygen atoms in total. The smallest absolute Gasteiger partial charge is 0.0619 e. The van der Waals surface area contributed by atoms with E-state index >= 15 is 0 Å². The highest BCUT2D eigenvalue weighted by Crippen LogP contribution is 2.15. The molecule has 0 saturated carbocycles. The van der Waals surface area contributed by atoms with Crippen molar-refractivity contribution >= 4 is 10.8 Å². The second-order valence-corrected chi connectivity index (χ2v) is 5.32. The van der Waals surface area contributed by atoms with Gasteiger partial charge in [-0.1, -0.05) is 38.1 Å². The lowest BCUT2D eigenvalue weighted by atomic mass is 10.1. The summed E-state index contributed by atoms with van der Waals surface area (Å²) in [5.41, 5.74) is 1.12. The topological polar surface area (TPSA) is 37.0 Å². The largest absolute Gasteiger partial charge is 0.313 e. The molecular formula is C16H23N3. The summed E-state index contributed by atoms with van der Waals surface area (Å²) in [7, 11) is 0. The molecule has 1 aromatic carbocycles. The molecule has 1 heterocycles. The summed E-state index contributed by atoms with van der Waals surface area (Å²) in [4.78, 5) is 4.49. The van der Waals surface area contributed by atoms with E-state index in [1.165, 1.54) is 10.8 Å². The highest BCUT2D eigenvalue weighted by molar-refractivity contribution is 5.84. The van der Waals surface area contributed by atoms with Crippen LogP contribution in [-0.2, 0) is 6.54 Å². The van der Waals surface area contributed by atoms with Crippen LogP contribution >= 0.6 is 0 Å². The molecule has 2 N–H and O–H groups in total. The van der Waals surface area contributed by atoms with Gasteiger partial charge in [-0.15, -0.1) is 0 Å². The highest BCUT2D eigenvalue weighted by Gasteiger charge is 2.05. The highest BCUT2D eigenvalue weighted by atomic mass is 15.0. The van der Waals surface area contributed by atoms with Gasteiger partial charge in [-0.25, -0.2) is 0 Å². The van der Waals surface area contributed by atoms with Crippen molar-refractivity contribution in [2.75, 3.05) is 6.54 Å². The number of hydrogen-bond donors (Lipinski definition) is 2. The summed E-state index contributed by atoms with van der Waals surface area (Å²) in [5, 5.41) is 9.45. The van der Waals surface area contributed by atoms with Crippen molar-refractivity contribution in [3.63, 3.8) is 0 Å². The molecule has 0 aliphatic carbocycles. The predicted molar refractivity (Wildman–Crippen MR) is 81.2 cm³/mol. The maximum Gasteiger partial charge on any atom is 0.0619 e. The molecule has 0 saturated heterocycles. The molecule has 19 heavy (non-hydrogen) atoms. The van der Waals surface area contributed by atoms with Gasteiger partial charge in [0.25, 0.3) is 0 Å². The van der Waals surface area contributed by atoms with Crippen molar-refractivity contribution in [1.82, 2.24) is 15.6 Å². The lowest BCUT2D eigenvalue weighted by molar-refractivity contribution is 0.472. The van der Waals surface area contributed by atoms with Gasteiger partial charge >= 0.3 is 0 Å². The zero-order chi connectivity index (χ0) is 13.7. The van der Waals surface area contributed by atoms with Crippen LogP contribution in [0.4, 0.5) is 0 Å². The number of fused-ring (bicyclic) bond motifs is 1. The first-order valence-electron chi connectivity index (χ1n) is 6.96. The Balaban J connectivity index is 1.98. The molecule has 0 bridgehead atoms. The summed E-state index contributed by atoms with van der Waals surface area (Å²) in [6.07, 6.45) is 1.89. The van der Waals surface area contributed by atoms with Crippen LogP contribution in [0, 0.1) is 0 Å². The molecule has 0 spiro atoms. The van der Waals surface area contributed by atoms with Crippen molar-refractivity contribution in [3.05, 3.63) is 42.2 Å². The summed E-state index contributed by atoms with van der Waals surface area (Å²) in [6.45, 7) is 8.31. The summed E-state index contributed by atoms with van der Waals surface area (Å²) < 4.78 is 0. The van der Waals surface area contributed by atoms with Gasteiger partial charge in [0, 0.05) is 36.8 Å². The van der Waals surface area contributed by atoms with Gasteiger partial charge in [-0.05, 0) is 18.4 Å². The fraction of sp³-hybridized carbons (Fsp3) is 0.438. The van der Waals surface area contributed by atoms with Gasteiger partial charge in [-0.3, -0.25) is 4.98 Å². The molecule has 0 amide bonds. The van der Waals surface area contributed by atoms with E-state index in [-0.39, 0.29) is 0 Å². The van der Waals surface area contributed by atoms with Crippen LogP contribution in [0.3, 0.4) is 0 Å². The number of nitrogens with one attached hydrogen (secondary N) is 2. The number of hydrogen-bond acceptors (Lipinski definition) is 3. The van der Waals surface area contributed by atoms with Crippen molar-refractivity contribution in [1.29, 1.82) is 0 Å². The van der Waals surface area contributed by atoms with Crippen LogP contribution < -0.4 is 10.6 Å².